The van der Waals surface area contributed by atoms with Gasteiger partial charge >= 0.3 is 0 Å². The zero-order valence-corrected chi connectivity index (χ0v) is 11.0. The minimum Gasteiger partial charge on any atom is -0.328 e. The molecule has 0 amide bonds. The van der Waals surface area contributed by atoms with Crippen molar-refractivity contribution in [2.45, 2.75) is 83.3 Å². The van der Waals surface area contributed by atoms with Gasteiger partial charge in [-0.1, -0.05) is 33.1 Å². The highest BCUT2D eigenvalue weighted by molar-refractivity contribution is 4.91. The van der Waals surface area contributed by atoms with Crippen molar-refractivity contribution in [1.82, 2.24) is 5.32 Å². The predicted molar refractivity (Wildman–Crippen MR) is 69.4 cm³/mol. The van der Waals surface area contributed by atoms with E-state index in [9.17, 15) is 0 Å². The van der Waals surface area contributed by atoms with Crippen molar-refractivity contribution in [2.75, 3.05) is 0 Å². The molecule has 2 aliphatic rings. The maximum absolute atomic E-state index is 6.06. The van der Waals surface area contributed by atoms with Crippen molar-refractivity contribution in [1.29, 1.82) is 0 Å². The molecule has 0 radical (unpaired) electrons. The summed E-state index contributed by atoms with van der Waals surface area (Å²) in [5, 5.41) is 3.90. The Kier molecular flexibility index (Phi) is 3.91. The molecular weight excluding hydrogens is 196 g/mol. The van der Waals surface area contributed by atoms with E-state index in [4.69, 9.17) is 5.73 Å². The highest BCUT2D eigenvalue weighted by Crippen LogP contribution is 2.36. The highest BCUT2D eigenvalue weighted by atomic mass is 15.0. The van der Waals surface area contributed by atoms with Crippen molar-refractivity contribution in [3.05, 3.63) is 0 Å². The van der Waals surface area contributed by atoms with Crippen LogP contribution in [0.25, 0.3) is 0 Å². The Morgan fingerprint density at radius 1 is 1.06 bits per heavy atom. The van der Waals surface area contributed by atoms with Gasteiger partial charge in [0.25, 0.3) is 0 Å². The summed E-state index contributed by atoms with van der Waals surface area (Å²) in [5.41, 5.74) is 6.54. The van der Waals surface area contributed by atoms with E-state index in [1.54, 1.807) is 0 Å². The SMILES string of the molecule is CC1(C)CCCCC1NC1CCCC(N)C1. The number of hydrogen-bond acceptors (Lipinski definition) is 2. The van der Waals surface area contributed by atoms with Gasteiger partial charge in [-0.25, -0.2) is 0 Å². The third-order valence-electron chi connectivity index (χ3n) is 4.66. The van der Waals surface area contributed by atoms with Gasteiger partial charge in [0, 0.05) is 18.1 Å². The van der Waals surface area contributed by atoms with E-state index in [1.165, 1.54) is 51.4 Å². The quantitative estimate of drug-likeness (QED) is 0.757. The van der Waals surface area contributed by atoms with Crippen LogP contribution in [0, 0.1) is 5.41 Å². The average molecular weight is 224 g/mol. The molecule has 0 aliphatic heterocycles. The van der Waals surface area contributed by atoms with E-state index in [0.717, 1.165) is 6.04 Å². The summed E-state index contributed by atoms with van der Waals surface area (Å²) in [5.74, 6) is 0. The Hall–Kier alpha value is -0.0800. The largest absolute Gasteiger partial charge is 0.328 e. The molecule has 2 heteroatoms. The first kappa shape index (κ1) is 12.4. The molecule has 3 N–H and O–H groups in total. The van der Waals surface area contributed by atoms with E-state index in [1.807, 2.05) is 0 Å². The number of rotatable bonds is 2. The molecule has 0 aromatic heterocycles. The third kappa shape index (κ3) is 2.98. The number of hydrogen-bond donors (Lipinski definition) is 2. The van der Waals surface area contributed by atoms with Crippen LogP contribution in [0.15, 0.2) is 0 Å². The molecule has 0 aromatic carbocycles. The highest BCUT2D eigenvalue weighted by Gasteiger charge is 2.34. The van der Waals surface area contributed by atoms with Crippen molar-refractivity contribution >= 4 is 0 Å². The first-order valence-electron chi connectivity index (χ1n) is 7.09. The normalized spacial score (nSPS) is 39.6. The zero-order valence-electron chi connectivity index (χ0n) is 11.0. The predicted octanol–water partition coefficient (Wildman–Crippen LogP) is 2.81. The van der Waals surface area contributed by atoms with Crippen LogP contribution in [-0.4, -0.2) is 18.1 Å². The summed E-state index contributed by atoms with van der Waals surface area (Å²) >= 11 is 0. The molecule has 2 saturated carbocycles. The van der Waals surface area contributed by atoms with Crippen LogP contribution in [0.1, 0.15) is 65.2 Å². The van der Waals surface area contributed by atoms with Gasteiger partial charge in [0.1, 0.15) is 0 Å². The van der Waals surface area contributed by atoms with Crippen LogP contribution >= 0.6 is 0 Å². The monoisotopic (exact) mass is 224 g/mol. The lowest BCUT2D eigenvalue weighted by Crippen LogP contribution is -2.51. The minimum absolute atomic E-state index is 0.443. The van der Waals surface area contributed by atoms with E-state index in [2.05, 4.69) is 19.2 Å². The second-order valence-electron chi connectivity index (χ2n) is 6.58. The Morgan fingerprint density at radius 2 is 1.88 bits per heavy atom. The van der Waals surface area contributed by atoms with E-state index in [-0.39, 0.29) is 0 Å². The minimum atomic E-state index is 0.443. The molecule has 2 rings (SSSR count). The summed E-state index contributed by atoms with van der Waals surface area (Å²) in [4.78, 5) is 0. The van der Waals surface area contributed by atoms with Crippen LogP contribution in [-0.2, 0) is 0 Å². The summed E-state index contributed by atoms with van der Waals surface area (Å²) in [7, 11) is 0. The second kappa shape index (κ2) is 5.05. The van der Waals surface area contributed by atoms with E-state index >= 15 is 0 Å². The van der Waals surface area contributed by atoms with Gasteiger partial charge in [0.05, 0.1) is 0 Å². The van der Waals surface area contributed by atoms with Crippen LogP contribution in [0.4, 0.5) is 0 Å². The van der Waals surface area contributed by atoms with Crippen molar-refractivity contribution in [3.8, 4) is 0 Å². The fourth-order valence-corrected chi connectivity index (χ4v) is 3.47. The van der Waals surface area contributed by atoms with Gasteiger partial charge in [-0.15, -0.1) is 0 Å². The van der Waals surface area contributed by atoms with Crippen molar-refractivity contribution in [3.63, 3.8) is 0 Å². The molecule has 94 valence electrons. The van der Waals surface area contributed by atoms with Crippen LogP contribution in [0.5, 0.6) is 0 Å². The smallest absolute Gasteiger partial charge is 0.0121 e. The average Bonchev–Trinajstić information content (AvgIpc) is 2.21. The standard InChI is InChI=1S/C14H28N2/c1-14(2)9-4-3-8-13(14)16-12-7-5-6-11(15)10-12/h11-13,16H,3-10,15H2,1-2H3. The Balaban J connectivity index is 1.87. The Morgan fingerprint density at radius 3 is 2.56 bits per heavy atom. The topological polar surface area (TPSA) is 38.0 Å². The maximum Gasteiger partial charge on any atom is 0.0121 e. The van der Waals surface area contributed by atoms with E-state index < -0.39 is 0 Å². The lowest BCUT2D eigenvalue weighted by molar-refractivity contribution is 0.144. The van der Waals surface area contributed by atoms with Gasteiger partial charge in [-0.3, -0.25) is 0 Å². The van der Waals surface area contributed by atoms with Gasteiger partial charge < -0.3 is 11.1 Å². The molecule has 0 spiro atoms. The maximum atomic E-state index is 6.06. The number of nitrogens with one attached hydrogen (secondary N) is 1. The van der Waals surface area contributed by atoms with Crippen LogP contribution in [0.3, 0.4) is 0 Å². The van der Waals surface area contributed by atoms with Crippen LogP contribution in [0.2, 0.25) is 0 Å². The van der Waals surface area contributed by atoms with E-state index in [0.29, 0.717) is 17.5 Å². The molecule has 3 atom stereocenters. The second-order valence-corrected chi connectivity index (χ2v) is 6.58. The third-order valence-corrected chi connectivity index (χ3v) is 4.66. The van der Waals surface area contributed by atoms with Gasteiger partial charge in [0.2, 0.25) is 0 Å². The summed E-state index contributed by atoms with van der Waals surface area (Å²) in [6, 6.07) is 1.85. The van der Waals surface area contributed by atoms with Crippen molar-refractivity contribution < 1.29 is 0 Å². The molecule has 2 fully saturated rings. The summed E-state index contributed by atoms with van der Waals surface area (Å²) < 4.78 is 0. The van der Waals surface area contributed by atoms with Crippen LogP contribution < -0.4 is 11.1 Å². The molecule has 0 aromatic rings. The molecule has 0 saturated heterocycles. The first-order chi connectivity index (χ1) is 7.58. The molecule has 2 aliphatic carbocycles. The molecular formula is C14H28N2. The summed E-state index contributed by atoms with van der Waals surface area (Å²) in [6.07, 6.45) is 10.6. The molecule has 0 bridgehead atoms. The number of nitrogens with two attached hydrogens (primary N) is 1. The molecule has 3 unspecified atom stereocenters. The molecule has 0 heterocycles. The molecule has 2 nitrogen and oxygen atoms in total. The van der Waals surface area contributed by atoms with Crippen molar-refractivity contribution in [2.24, 2.45) is 11.1 Å². The Bertz CT molecular complexity index is 225. The van der Waals surface area contributed by atoms with Gasteiger partial charge in [-0.2, -0.15) is 0 Å². The van der Waals surface area contributed by atoms with Gasteiger partial charge in [0.15, 0.2) is 0 Å². The fraction of sp³-hybridized carbons (Fsp3) is 1.00. The zero-order chi connectivity index (χ0) is 11.6. The first-order valence-corrected chi connectivity index (χ1v) is 7.09. The molecule has 16 heavy (non-hydrogen) atoms. The summed E-state index contributed by atoms with van der Waals surface area (Å²) in [6.45, 7) is 4.85. The fourth-order valence-electron chi connectivity index (χ4n) is 3.47. The lowest BCUT2D eigenvalue weighted by Gasteiger charge is -2.42. The lowest BCUT2D eigenvalue weighted by atomic mass is 9.72. The van der Waals surface area contributed by atoms with Gasteiger partial charge in [-0.05, 0) is 37.5 Å². The Labute approximate surface area is 100 Å².